The third-order valence-electron chi connectivity index (χ3n) is 2.55. The highest BCUT2D eigenvalue weighted by atomic mass is 19.1. The molecule has 1 atom stereocenters. The summed E-state index contributed by atoms with van der Waals surface area (Å²) < 4.78 is 13.9. The summed E-state index contributed by atoms with van der Waals surface area (Å²) in [5, 5.41) is 31.9. The number of pyridine rings is 1. The molecule has 0 radical (unpaired) electrons. The Morgan fingerprint density at radius 1 is 1.47 bits per heavy atom. The van der Waals surface area contributed by atoms with Crippen LogP contribution in [0.1, 0.15) is 12.6 Å². The first-order valence-corrected chi connectivity index (χ1v) is 4.95. The predicted molar refractivity (Wildman–Crippen MR) is 58.4 cm³/mol. The monoisotopic (exact) mass is 239 g/mol. The van der Waals surface area contributed by atoms with Crippen LogP contribution in [-0.4, -0.2) is 43.5 Å². The van der Waals surface area contributed by atoms with Gasteiger partial charge in [-0.1, -0.05) is 6.07 Å². The van der Waals surface area contributed by atoms with Crippen LogP contribution in [0, 0.1) is 0 Å². The molecule has 0 aliphatic heterocycles. The van der Waals surface area contributed by atoms with Crippen molar-refractivity contribution in [2.24, 2.45) is 0 Å². The van der Waals surface area contributed by atoms with E-state index in [4.69, 9.17) is 10.0 Å². The molecule has 0 amide bonds. The normalized spacial score (nSPS) is 14.9. The Kier molecular flexibility index (Phi) is 2.86. The van der Waals surface area contributed by atoms with Crippen LogP contribution in [0.5, 0.6) is 0 Å². The number of nitrogens with zero attached hydrogens (tertiary/aromatic N) is 3. The maximum atomic E-state index is 12.7. The molecule has 0 aliphatic carbocycles. The Labute approximate surface area is 96.5 Å². The summed E-state index contributed by atoms with van der Waals surface area (Å²) in [5.74, 6) is 0. The lowest BCUT2D eigenvalue weighted by Crippen LogP contribution is -2.35. The van der Waals surface area contributed by atoms with Gasteiger partial charge in [0.25, 0.3) is 0 Å². The van der Waals surface area contributed by atoms with Crippen molar-refractivity contribution < 1.29 is 19.5 Å². The number of fused-ring (bicyclic) bond motifs is 1. The van der Waals surface area contributed by atoms with Gasteiger partial charge in [-0.25, -0.2) is 13.9 Å². The minimum atomic E-state index is -1.70. The molecule has 2 heterocycles. The second-order valence-corrected chi connectivity index (χ2v) is 3.95. The number of alkyl halides is 1. The van der Waals surface area contributed by atoms with Crippen molar-refractivity contribution in [3.05, 3.63) is 24.2 Å². The maximum absolute atomic E-state index is 12.7. The average Bonchev–Trinajstić information content (AvgIpc) is 2.75. The van der Waals surface area contributed by atoms with Crippen molar-refractivity contribution in [2.75, 3.05) is 6.67 Å². The van der Waals surface area contributed by atoms with Gasteiger partial charge in [-0.15, -0.1) is 0 Å². The lowest BCUT2D eigenvalue weighted by atomic mass is 9.80. The molecule has 6 nitrogen and oxygen atoms in total. The summed E-state index contributed by atoms with van der Waals surface area (Å²) in [6.07, 6.45) is 1.19. The molecule has 2 aromatic heterocycles. The predicted octanol–water partition coefficient (Wildman–Crippen LogP) is -1.41. The molecular formula is C9H11BFN3O3. The Balaban J connectivity index is 2.69. The maximum Gasteiger partial charge on any atom is 0.492 e. The van der Waals surface area contributed by atoms with Gasteiger partial charge in [0.2, 0.25) is 0 Å². The first-order valence-electron chi connectivity index (χ1n) is 4.95. The molecule has 0 fully saturated rings. The fourth-order valence-electron chi connectivity index (χ4n) is 1.61. The van der Waals surface area contributed by atoms with Gasteiger partial charge < -0.3 is 15.2 Å². The summed E-state index contributed by atoms with van der Waals surface area (Å²) in [6.45, 7) is 0.321. The quantitative estimate of drug-likeness (QED) is 0.572. The summed E-state index contributed by atoms with van der Waals surface area (Å²) in [4.78, 5) is 3.85. The van der Waals surface area contributed by atoms with E-state index >= 15 is 0 Å². The van der Waals surface area contributed by atoms with Crippen LogP contribution in [0.3, 0.4) is 0 Å². The lowest BCUT2D eigenvalue weighted by Gasteiger charge is -2.20. The van der Waals surface area contributed by atoms with Gasteiger partial charge in [0.1, 0.15) is 18.6 Å². The highest BCUT2D eigenvalue weighted by molar-refractivity contribution is 6.60. The van der Waals surface area contributed by atoms with Crippen molar-refractivity contribution in [1.29, 1.82) is 0 Å². The number of aliphatic hydroxyl groups is 1. The Morgan fingerprint density at radius 2 is 2.18 bits per heavy atom. The van der Waals surface area contributed by atoms with E-state index in [-0.39, 0.29) is 16.8 Å². The van der Waals surface area contributed by atoms with Crippen LogP contribution < -0.4 is 5.46 Å². The summed E-state index contributed by atoms with van der Waals surface area (Å²) in [6, 6.07) is 2.75. The molecule has 2 rings (SSSR count). The van der Waals surface area contributed by atoms with E-state index in [0.29, 0.717) is 0 Å². The summed E-state index contributed by atoms with van der Waals surface area (Å²) in [5.41, 5.74) is -1.20. The third kappa shape index (κ3) is 1.90. The summed E-state index contributed by atoms with van der Waals surface area (Å²) in [7, 11) is -1.70. The molecule has 3 N–H and O–H groups in total. The van der Waals surface area contributed by atoms with E-state index in [2.05, 4.69) is 10.1 Å². The standard InChI is InChI=1S/C9H11BFN3O3/c1-9(15,4-11)7-3-2-6(10(16)17)8-12-5-13-14(7)8/h2-3,5,15-17H,4H2,1H3. The van der Waals surface area contributed by atoms with Crippen molar-refractivity contribution in [2.45, 2.75) is 12.5 Å². The van der Waals surface area contributed by atoms with E-state index in [0.717, 1.165) is 0 Å². The molecular weight excluding hydrogens is 228 g/mol. The van der Waals surface area contributed by atoms with E-state index < -0.39 is 19.4 Å². The first kappa shape index (κ1) is 12.0. The number of hydrogen-bond acceptors (Lipinski definition) is 5. The SMILES string of the molecule is CC(O)(CF)c1ccc(B(O)O)c2ncnn12. The molecule has 8 heteroatoms. The van der Waals surface area contributed by atoms with Gasteiger partial charge in [-0.3, -0.25) is 0 Å². The van der Waals surface area contributed by atoms with Crippen molar-refractivity contribution >= 4 is 18.2 Å². The molecule has 0 aliphatic rings. The smallest absolute Gasteiger partial charge is 0.423 e. The minimum Gasteiger partial charge on any atom is -0.423 e. The molecule has 0 aromatic carbocycles. The van der Waals surface area contributed by atoms with Crippen LogP contribution in [0.25, 0.3) is 5.65 Å². The van der Waals surface area contributed by atoms with Crippen molar-refractivity contribution in [1.82, 2.24) is 14.6 Å². The first-order chi connectivity index (χ1) is 7.97. The highest BCUT2D eigenvalue weighted by Gasteiger charge is 2.28. The van der Waals surface area contributed by atoms with E-state index in [1.807, 2.05) is 0 Å². The zero-order valence-corrected chi connectivity index (χ0v) is 9.08. The van der Waals surface area contributed by atoms with E-state index in [9.17, 15) is 9.50 Å². The van der Waals surface area contributed by atoms with E-state index in [1.54, 1.807) is 0 Å². The fraction of sp³-hybridized carbons (Fsp3) is 0.333. The second-order valence-electron chi connectivity index (χ2n) is 3.95. The van der Waals surface area contributed by atoms with Gasteiger partial charge in [0.05, 0.1) is 5.69 Å². The van der Waals surface area contributed by atoms with Crippen LogP contribution in [0.15, 0.2) is 18.5 Å². The molecule has 1 unspecified atom stereocenters. The van der Waals surface area contributed by atoms with Crippen LogP contribution in [0.2, 0.25) is 0 Å². The van der Waals surface area contributed by atoms with Gasteiger partial charge in [0.15, 0.2) is 5.65 Å². The molecule has 17 heavy (non-hydrogen) atoms. The molecule has 0 spiro atoms. The lowest BCUT2D eigenvalue weighted by molar-refractivity contribution is 0.0239. The van der Waals surface area contributed by atoms with Gasteiger partial charge in [-0.2, -0.15) is 5.10 Å². The molecule has 0 saturated carbocycles. The summed E-state index contributed by atoms with van der Waals surface area (Å²) >= 11 is 0. The van der Waals surface area contributed by atoms with Gasteiger partial charge in [-0.05, 0) is 13.0 Å². The zero-order valence-electron chi connectivity index (χ0n) is 9.08. The molecule has 2 aromatic rings. The number of hydrogen-bond donors (Lipinski definition) is 3. The number of halogens is 1. The average molecular weight is 239 g/mol. The number of aromatic nitrogens is 3. The highest BCUT2D eigenvalue weighted by Crippen LogP contribution is 2.20. The van der Waals surface area contributed by atoms with Crippen molar-refractivity contribution in [3.63, 3.8) is 0 Å². The van der Waals surface area contributed by atoms with E-state index in [1.165, 1.54) is 29.9 Å². The Morgan fingerprint density at radius 3 is 2.76 bits per heavy atom. The van der Waals surface area contributed by atoms with Gasteiger partial charge in [0, 0.05) is 5.46 Å². The third-order valence-corrected chi connectivity index (χ3v) is 2.55. The number of rotatable bonds is 3. The van der Waals surface area contributed by atoms with Crippen LogP contribution in [0.4, 0.5) is 4.39 Å². The minimum absolute atomic E-state index is 0.140. The fourth-order valence-corrected chi connectivity index (χ4v) is 1.61. The molecule has 0 saturated heterocycles. The zero-order chi connectivity index (χ0) is 12.6. The van der Waals surface area contributed by atoms with Crippen LogP contribution in [-0.2, 0) is 5.60 Å². The topological polar surface area (TPSA) is 90.9 Å². The molecule has 0 bridgehead atoms. The Hall–Kier alpha value is -1.51. The Bertz CT molecular complexity index is 543. The van der Waals surface area contributed by atoms with Crippen molar-refractivity contribution in [3.8, 4) is 0 Å². The van der Waals surface area contributed by atoms with Crippen LogP contribution >= 0.6 is 0 Å². The largest absolute Gasteiger partial charge is 0.492 e. The second kappa shape index (κ2) is 4.06. The molecule has 90 valence electrons. The van der Waals surface area contributed by atoms with Gasteiger partial charge >= 0.3 is 7.12 Å².